The van der Waals surface area contributed by atoms with Crippen molar-refractivity contribution in [1.29, 1.82) is 0 Å². The Morgan fingerprint density at radius 2 is 1.86 bits per heavy atom. The number of hydrogen-bond acceptors (Lipinski definition) is 2. The highest BCUT2D eigenvalue weighted by Gasteiger charge is 2.13. The van der Waals surface area contributed by atoms with Gasteiger partial charge in [-0.3, -0.25) is 4.79 Å². The van der Waals surface area contributed by atoms with Gasteiger partial charge in [0.2, 0.25) is 11.4 Å². The molecule has 0 atom stereocenters. The Morgan fingerprint density at radius 1 is 1.09 bits per heavy atom. The zero-order valence-corrected chi connectivity index (χ0v) is 12.5. The number of pyridine rings is 1. The summed E-state index contributed by atoms with van der Waals surface area (Å²) in [6.45, 7) is 3.27. The first-order chi connectivity index (χ1) is 10.6. The van der Waals surface area contributed by atoms with Crippen molar-refractivity contribution in [1.82, 2.24) is 0 Å². The van der Waals surface area contributed by atoms with Gasteiger partial charge in [0, 0.05) is 37.2 Å². The molecule has 0 radical (unpaired) electrons. The molecule has 1 heterocycles. The Hall–Kier alpha value is -2.88. The van der Waals surface area contributed by atoms with Crippen LogP contribution >= 0.6 is 0 Å². The van der Waals surface area contributed by atoms with Crippen LogP contribution in [0.3, 0.4) is 0 Å². The van der Waals surface area contributed by atoms with E-state index in [0.717, 1.165) is 26.9 Å². The SMILES string of the molecule is CC(=O)Nc1cccc(-c2cc(C)[n+]([O-])c3ccccc23)c1. The lowest BCUT2D eigenvalue weighted by Gasteiger charge is -2.11. The summed E-state index contributed by atoms with van der Waals surface area (Å²) in [5.74, 6) is -0.108. The third kappa shape index (κ3) is 2.51. The number of nitrogens with one attached hydrogen (secondary N) is 1. The van der Waals surface area contributed by atoms with E-state index in [0.29, 0.717) is 11.2 Å². The van der Waals surface area contributed by atoms with Gasteiger partial charge in [0.15, 0.2) is 5.69 Å². The summed E-state index contributed by atoms with van der Waals surface area (Å²) in [4.78, 5) is 11.2. The number of anilines is 1. The second-order valence-electron chi connectivity index (χ2n) is 5.27. The molecule has 1 amide bonds. The van der Waals surface area contributed by atoms with Gasteiger partial charge in [-0.05, 0) is 23.8 Å². The first-order valence-corrected chi connectivity index (χ1v) is 7.06. The second-order valence-corrected chi connectivity index (χ2v) is 5.27. The molecule has 1 aromatic heterocycles. The molecule has 2 aromatic carbocycles. The molecular weight excluding hydrogens is 276 g/mol. The minimum atomic E-state index is -0.108. The van der Waals surface area contributed by atoms with E-state index in [-0.39, 0.29) is 5.91 Å². The molecule has 3 aromatic rings. The number of rotatable bonds is 2. The first-order valence-electron chi connectivity index (χ1n) is 7.06. The minimum Gasteiger partial charge on any atom is -0.618 e. The molecule has 0 aliphatic heterocycles. The predicted octanol–water partition coefficient (Wildman–Crippen LogP) is 3.41. The summed E-state index contributed by atoms with van der Waals surface area (Å²) in [5, 5.41) is 15.9. The number of fused-ring (bicyclic) bond motifs is 1. The largest absolute Gasteiger partial charge is 0.618 e. The standard InChI is InChI=1S/C18H16N2O2/c1-12-10-17(16-8-3-4-9-18(16)20(12)22)14-6-5-7-15(11-14)19-13(2)21/h3-11H,1-2H3,(H,19,21). The number of para-hydroxylation sites is 1. The van der Waals surface area contributed by atoms with E-state index < -0.39 is 0 Å². The van der Waals surface area contributed by atoms with Crippen LogP contribution < -0.4 is 10.0 Å². The van der Waals surface area contributed by atoms with Gasteiger partial charge in [-0.2, -0.15) is 4.73 Å². The van der Waals surface area contributed by atoms with Crippen LogP contribution in [0.2, 0.25) is 0 Å². The third-order valence-corrected chi connectivity index (χ3v) is 3.58. The molecule has 0 saturated carbocycles. The molecule has 0 saturated heterocycles. The smallest absolute Gasteiger partial charge is 0.224 e. The lowest BCUT2D eigenvalue weighted by Crippen LogP contribution is -2.30. The molecule has 4 heteroatoms. The number of aromatic nitrogens is 1. The highest BCUT2D eigenvalue weighted by molar-refractivity contribution is 5.95. The van der Waals surface area contributed by atoms with Crippen molar-refractivity contribution in [2.24, 2.45) is 0 Å². The molecule has 0 spiro atoms. The van der Waals surface area contributed by atoms with Crippen molar-refractivity contribution in [2.45, 2.75) is 13.8 Å². The molecule has 4 nitrogen and oxygen atoms in total. The maximum atomic E-state index is 12.2. The fourth-order valence-corrected chi connectivity index (χ4v) is 2.62. The summed E-state index contributed by atoms with van der Waals surface area (Å²) < 4.78 is 0.941. The molecule has 0 aliphatic carbocycles. The Labute approximate surface area is 128 Å². The first kappa shape index (κ1) is 14.1. The van der Waals surface area contributed by atoms with Crippen molar-refractivity contribution in [3.05, 3.63) is 65.5 Å². The number of carbonyl (C=O) groups excluding carboxylic acids is 1. The van der Waals surface area contributed by atoms with E-state index in [4.69, 9.17) is 0 Å². The molecule has 0 fully saturated rings. The van der Waals surface area contributed by atoms with Gasteiger partial charge >= 0.3 is 0 Å². The summed E-state index contributed by atoms with van der Waals surface area (Å²) >= 11 is 0. The zero-order valence-electron chi connectivity index (χ0n) is 12.5. The predicted molar refractivity (Wildman–Crippen MR) is 87.4 cm³/mol. The van der Waals surface area contributed by atoms with Crippen LogP contribution in [0.1, 0.15) is 12.6 Å². The zero-order chi connectivity index (χ0) is 15.7. The van der Waals surface area contributed by atoms with E-state index >= 15 is 0 Å². The van der Waals surface area contributed by atoms with Crippen molar-refractivity contribution in [3.63, 3.8) is 0 Å². The van der Waals surface area contributed by atoms with Crippen molar-refractivity contribution >= 4 is 22.5 Å². The van der Waals surface area contributed by atoms with E-state index in [9.17, 15) is 10.0 Å². The van der Waals surface area contributed by atoms with Crippen molar-refractivity contribution < 1.29 is 9.52 Å². The number of hydrogen-bond donors (Lipinski definition) is 1. The van der Waals surface area contributed by atoms with Crippen LogP contribution in [-0.4, -0.2) is 5.91 Å². The summed E-state index contributed by atoms with van der Waals surface area (Å²) in [5.41, 5.74) is 3.96. The number of nitrogens with zero attached hydrogens (tertiary/aromatic N) is 1. The quantitative estimate of drug-likeness (QED) is 0.581. The lowest BCUT2D eigenvalue weighted by atomic mass is 9.99. The fraction of sp³-hybridized carbons (Fsp3) is 0.111. The van der Waals surface area contributed by atoms with Gasteiger partial charge in [0.25, 0.3) is 0 Å². The number of aryl methyl sites for hydroxylation is 1. The molecule has 0 unspecified atom stereocenters. The lowest BCUT2D eigenvalue weighted by molar-refractivity contribution is -0.584. The van der Waals surface area contributed by atoms with E-state index in [1.54, 1.807) is 6.92 Å². The van der Waals surface area contributed by atoms with Crippen LogP contribution in [0.15, 0.2) is 54.6 Å². The Bertz CT molecular complexity index is 872. The van der Waals surface area contributed by atoms with E-state index in [1.165, 1.54) is 6.92 Å². The van der Waals surface area contributed by atoms with Gasteiger partial charge in [-0.1, -0.05) is 24.3 Å². The van der Waals surface area contributed by atoms with Gasteiger partial charge < -0.3 is 10.5 Å². The maximum absolute atomic E-state index is 12.2. The van der Waals surface area contributed by atoms with E-state index in [2.05, 4.69) is 5.32 Å². The van der Waals surface area contributed by atoms with Crippen LogP contribution in [0.5, 0.6) is 0 Å². The molecule has 0 aliphatic rings. The topological polar surface area (TPSA) is 56.0 Å². The Balaban J connectivity index is 2.22. The van der Waals surface area contributed by atoms with Crippen LogP contribution in [-0.2, 0) is 4.79 Å². The average molecular weight is 292 g/mol. The van der Waals surface area contributed by atoms with E-state index in [1.807, 2.05) is 54.6 Å². The molecule has 1 N–H and O–H groups in total. The molecule has 22 heavy (non-hydrogen) atoms. The monoisotopic (exact) mass is 292 g/mol. The molecule has 110 valence electrons. The number of benzene rings is 2. The Morgan fingerprint density at radius 3 is 2.64 bits per heavy atom. The highest BCUT2D eigenvalue weighted by Crippen LogP contribution is 2.29. The summed E-state index contributed by atoms with van der Waals surface area (Å²) in [6.07, 6.45) is 0. The summed E-state index contributed by atoms with van der Waals surface area (Å²) in [7, 11) is 0. The molecule has 0 bridgehead atoms. The normalized spacial score (nSPS) is 10.6. The van der Waals surface area contributed by atoms with Crippen molar-refractivity contribution in [3.8, 4) is 11.1 Å². The van der Waals surface area contributed by atoms with Crippen LogP contribution in [0.4, 0.5) is 5.69 Å². The maximum Gasteiger partial charge on any atom is 0.224 e. The van der Waals surface area contributed by atoms with Gasteiger partial charge in [-0.15, -0.1) is 0 Å². The van der Waals surface area contributed by atoms with Crippen LogP contribution in [0.25, 0.3) is 22.0 Å². The average Bonchev–Trinajstić information content (AvgIpc) is 2.50. The fourth-order valence-electron chi connectivity index (χ4n) is 2.62. The van der Waals surface area contributed by atoms with Gasteiger partial charge in [-0.25, -0.2) is 0 Å². The molecular formula is C18H16N2O2. The highest BCUT2D eigenvalue weighted by atomic mass is 16.5. The van der Waals surface area contributed by atoms with Gasteiger partial charge in [0.1, 0.15) is 0 Å². The number of carbonyl (C=O) groups is 1. The third-order valence-electron chi connectivity index (χ3n) is 3.58. The number of amides is 1. The van der Waals surface area contributed by atoms with Gasteiger partial charge in [0.05, 0.1) is 5.39 Å². The van der Waals surface area contributed by atoms with Crippen LogP contribution in [0, 0.1) is 12.1 Å². The molecule has 3 rings (SSSR count). The summed E-state index contributed by atoms with van der Waals surface area (Å²) in [6, 6.07) is 17.0. The second kappa shape index (κ2) is 5.48. The van der Waals surface area contributed by atoms with Crippen molar-refractivity contribution in [2.75, 3.05) is 5.32 Å². The Kier molecular flexibility index (Phi) is 3.51. The minimum absolute atomic E-state index is 0.108.